The van der Waals surface area contributed by atoms with Crippen molar-refractivity contribution < 1.29 is 18.3 Å². The van der Waals surface area contributed by atoms with Gasteiger partial charge in [0.25, 0.3) is 0 Å². The van der Waals surface area contributed by atoms with E-state index in [0.717, 1.165) is 38.1 Å². The average Bonchev–Trinajstić information content (AvgIpc) is 3.09. The highest BCUT2D eigenvalue weighted by Crippen LogP contribution is 2.10. The van der Waals surface area contributed by atoms with Gasteiger partial charge in [0, 0.05) is 33.4 Å². The molecule has 24 heavy (non-hydrogen) atoms. The van der Waals surface area contributed by atoms with Crippen molar-refractivity contribution >= 4 is 5.96 Å². The maximum absolute atomic E-state index is 13.5. The third-order valence-electron chi connectivity index (χ3n) is 3.77. The van der Waals surface area contributed by atoms with Crippen molar-refractivity contribution in [2.75, 3.05) is 40.0 Å². The van der Waals surface area contributed by atoms with Gasteiger partial charge in [-0.2, -0.15) is 0 Å². The zero-order valence-corrected chi connectivity index (χ0v) is 14.0. The Morgan fingerprint density at radius 3 is 2.92 bits per heavy atom. The van der Waals surface area contributed by atoms with Crippen LogP contribution in [0, 0.1) is 11.6 Å². The summed E-state index contributed by atoms with van der Waals surface area (Å²) >= 11 is 0. The number of halogens is 2. The third kappa shape index (κ3) is 6.41. The summed E-state index contributed by atoms with van der Waals surface area (Å²) in [5.74, 6) is -0.188. The summed E-state index contributed by atoms with van der Waals surface area (Å²) in [6.45, 7) is 3.34. The number of hydrogen-bond acceptors (Lipinski definition) is 3. The van der Waals surface area contributed by atoms with Crippen LogP contribution in [0.25, 0.3) is 0 Å². The van der Waals surface area contributed by atoms with Gasteiger partial charge in [-0.25, -0.2) is 8.78 Å². The van der Waals surface area contributed by atoms with E-state index in [0.29, 0.717) is 37.7 Å². The average molecular weight is 341 g/mol. The zero-order valence-electron chi connectivity index (χ0n) is 14.0. The monoisotopic (exact) mass is 341 g/mol. The van der Waals surface area contributed by atoms with E-state index in [-0.39, 0.29) is 6.10 Å². The van der Waals surface area contributed by atoms with E-state index in [1.807, 2.05) is 0 Å². The minimum absolute atomic E-state index is 0.226. The van der Waals surface area contributed by atoms with Gasteiger partial charge in [-0.3, -0.25) is 4.99 Å². The van der Waals surface area contributed by atoms with Crippen molar-refractivity contribution in [3.8, 4) is 0 Å². The second-order valence-corrected chi connectivity index (χ2v) is 5.62. The lowest BCUT2D eigenvalue weighted by atomic mass is 10.1. The fourth-order valence-corrected chi connectivity index (χ4v) is 2.44. The molecule has 0 saturated carbocycles. The fraction of sp³-hybridized carbons (Fsp3) is 0.588. The van der Waals surface area contributed by atoms with Crippen molar-refractivity contribution in [1.29, 1.82) is 0 Å². The highest BCUT2D eigenvalue weighted by Gasteiger charge is 2.15. The number of ether oxygens (including phenoxy) is 2. The van der Waals surface area contributed by atoms with Gasteiger partial charge in [-0.05, 0) is 43.0 Å². The molecule has 0 aliphatic carbocycles. The Labute approximate surface area is 141 Å². The molecule has 1 heterocycles. The summed E-state index contributed by atoms with van der Waals surface area (Å²) in [6.07, 6.45) is 2.43. The van der Waals surface area contributed by atoms with Crippen LogP contribution in [0.2, 0.25) is 0 Å². The Balaban J connectivity index is 1.59. The van der Waals surface area contributed by atoms with E-state index in [1.165, 1.54) is 6.07 Å². The van der Waals surface area contributed by atoms with E-state index < -0.39 is 11.6 Å². The molecule has 0 bridgehead atoms. The molecule has 7 heteroatoms. The predicted octanol–water partition coefficient (Wildman–Crippen LogP) is 1.87. The smallest absolute Gasteiger partial charge is 0.190 e. The maximum atomic E-state index is 13.5. The Bertz CT molecular complexity index is 535. The predicted molar refractivity (Wildman–Crippen MR) is 89.2 cm³/mol. The number of nitrogens with one attached hydrogen (secondary N) is 2. The first-order valence-corrected chi connectivity index (χ1v) is 8.27. The van der Waals surface area contributed by atoms with Gasteiger partial charge < -0.3 is 20.1 Å². The molecular formula is C17H25F2N3O2. The molecule has 0 spiro atoms. The van der Waals surface area contributed by atoms with Crippen LogP contribution in [0.1, 0.15) is 18.4 Å². The number of hydrogen-bond donors (Lipinski definition) is 2. The SMILES string of the molecule is CN=C(NCCCOC1CCOC1)NCCc1cc(F)ccc1F. The molecule has 2 N–H and O–H groups in total. The fourth-order valence-electron chi connectivity index (χ4n) is 2.44. The largest absolute Gasteiger partial charge is 0.379 e. The summed E-state index contributed by atoms with van der Waals surface area (Å²) in [4.78, 5) is 4.10. The normalized spacial score (nSPS) is 18.0. The van der Waals surface area contributed by atoms with E-state index >= 15 is 0 Å². The first kappa shape index (κ1) is 18.6. The van der Waals surface area contributed by atoms with Crippen molar-refractivity contribution in [2.24, 2.45) is 4.99 Å². The summed E-state index contributed by atoms with van der Waals surface area (Å²) < 4.78 is 37.6. The maximum Gasteiger partial charge on any atom is 0.190 e. The second-order valence-electron chi connectivity index (χ2n) is 5.62. The molecule has 1 atom stereocenters. The Hall–Kier alpha value is -1.73. The van der Waals surface area contributed by atoms with Gasteiger partial charge in [-0.15, -0.1) is 0 Å². The zero-order chi connectivity index (χ0) is 17.2. The van der Waals surface area contributed by atoms with Crippen LogP contribution in [0.15, 0.2) is 23.2 Å². The number of nitrogens with zero attached hydrogens (tertiary/aromatic N) is 1. The van der Waals surface area contributed by atoms with E-state index in [2.05, 4.69) is 15.6 Å². The van der Waals surface area contributed by atoms with Crippen LogP contribution in [0.3, 0.4) is 0 Å². The standard InChI is InChI=1S/C17H25F2N3O2/c1-20-17(21-7-2-9-24-15-6-10-23-12-15)22-8-5-13-11-14(18)3-4-16(13)19/h3-4,11,15H,2,5-10,12H2,1H3,(H2,20,21,22). The number of aliphatic imine (C=N–C) groups is 1. The minimum Gasteiger partial charge on any atom is -0.379 e. The highest BCUT2D eigenvalue weighted by molar-refractivity contribution is 5.79. The summed E-state index contributed by atoms with van der Waals surface area (Å²) in [7, 11) is 1.67. The van der Waals surface area contributed by atoms with E-state index in [9.17, 15) is 8.78 Å². The molecule has 1 aliphatic heterocycles. The Morgan fingerprint density at radius 2 is 2.17 bits per heavy atom. The molecule has 2 rings (SSSR count). The number of benzene rings is 1. The van der Waals surface area contributed by atoms with Crippen LogP contribution >= 0.6 is 0 Å². The van der Waals surface area contributed by atoms with Gasteiger partial charge in [0.1, 0.15) is 11.6 Å². The molecule has 5 nitrogen and oxygen atoms in total. The lowest BCUT2D eigenvalue weighted by Gasteiger charge is -2.13. The van der Waals surface area contributed by atoms with Gasteiger partial charge in [-0.1, -0.05) is 0 Å². The highest BCUT2D eigenvalue weighted by atomic mass is 19.1. The summed E-state index contributed by atoms with van der Waals surface area (Å²) in [5, 5.41) is 6.25. The molecular weight excluding hydrogens is 316 g/mol. The van der Waals surface area contributed by atoms with E-state index in [1.54, 1.807) is 7.05 Å². The first-order chi connectivity index (χ1) is 11.7. The second kappa shape index (κ2) is 10.2. The van der Waals surface area contributed by atoms with Crippen LogP contribution in [0.5, 0.6) is 0 Å². The lowest BCUT2D eigenvalue weighted by Crippen LogP contribution is -2.39. The Morgan fingerprint density at radius 1 is 1.33 bits per heavy atom. The third-order valence-corrected chi connectivity index (χ3v) is 3.77. The molecule has 0 aromatic heterocycles. The summed E-state index contributed by atoms with van der Waals surface area (Å²) in [5.41, 5.74) is 0.352. The van der Waals surface area contributed by atoms with Crippen molar-refractivity contribution in [2.45, 2.75) is 25.4 Å². The lowest BCUT2D eigenvalue weighted by molar-refractivity contribution is 0.0420. The van der Waals surface area contributed by atoms with Gasteiger partial charge in [0.2, 0.25) is 0 Å². The van der Waals surface area contributed by atoms with Gasteiger partial charge in [0.15, 0.2) is 5.96 Å². The van der Waals surface area contributed by atoms with Gasteiger partial charge in [0.05, 0.1) is 12.7 Å². The molecule has 1 aromatic rings. The Kier molecular flexibility index (Phi) is 7.91. The molecule has 0 amide bonds. The summed E-state index contributed by atoms with van der Waals surface area (Å²) in [6, 6.07) is 3.48. The van der Waals surface area contributed by atoms with Crippen molar-refractivity contribution in [3.63, 3.8) is 0 Å². The van der Waals surface area contributed by atoms with Crippen LogP contribution < -0.4 is 10.6 Å². The molecule has 134 valence electrons. The van der Waals surface area contributed by atoms with Crippen LogP contribution in [0.4, 0.5) is 8.78 Å². The van der Waals surface area contributed by atoms with Crippen molar-refractivity contribution in [1.82, 2.24) is 10.6 Å². The number of rotatable bonds is 8. The number of guanidine groups is 1. The minimum atomic E-state index is -0.429. The molecule has 1 aromatic carbocycles. The molecule has 1 aliphatic rings. The van der Waals surface area contributed by atoms with Crippen LogP contribution in [-0.2, 0) is 15.9 Å². The quantitative estimate of drug-likeness (QED) is 0.431. The van der Waals surface area contributed by atoms with E-state index in [4.69, 9.17) is 9.47 Å². The molecule has 1 fully saturated rings. The van der Waals surface area contributed by atoms with Crippen molar-refractivity contribution in [3.05, 3.63) is 35.4 Å². The first-order valence-electron chi connectivity index (χ1n) is 8.27. The topological polar surface area (TPSA) is 54.9 Å². The molecule has 1 unspecified atom stereocenters. The van der Waals surface area contributed by atoms with Crippen LogP contribution in [-0.4, -0.2) is 52.0 Å². The molecule has 1 saturated heterocycles. The van der Waals surface area contributed by atoms with Gasteiger partial charge >= 0.3 is 0 Å². The molecule has 0 radical (unpaired) electrons.